The normalized spacial score (nSPS) is 13.9. The molecule has 0 aliphatic carbocycles. The molecule has 0 spiro atoms. The highest BCUT2D eigenvalue weighted by atomic mass is 19.1. The summed E-state index contributed by atoms with van der Waals surface area (Å²) in [4.78, 5) is 0. The zero-order valence-corrected chi connectivity index (χ0v) is 12.6. The Hall–Kier alpha value is -1.17. The summed E-state index contributed by atoms with van der Waals surface area (Å²) in [7, 11) is 0. The fourth-order valence-corrected chi connectivity index (χ4v) is 2.18. The summed E-state index contributed by atoms with van der Waals surface area (Å²) in [5, 5.41) is 22.0. The van der Waals surface area contributed by atoms with Crippen LogP contribution in [0.1, 0.15) is 26.2 Å². The third-order valence-electron chi connectivity index (χ3n) is 3.30. The second kappa shape index (κ2) is 10.5. The first-order valence-electron chi connectivity index (χ1n) is 7.53. The lowest BCUT2D eigenvalue weighted by Gasteiger charge is -2.18. The Balaban J connectivity index is 2.18. The van der Waals surface area contributed by atoms with Gasteiger partial charge in [-0.1, -0.05) is 13.3 Å². The summed E-state index contributed by atoms with van der Waals surface area (Å²) in [6.45, 7) is 3.70. The van der Waals surface area contributed by atoms with Crippen molar-refractivity contribution in [3.05, 3.63) is 30.1 Å². The topological polar surface area (TPSA) is 61.7 Å². The first-order valence-corrected chi connectivity index (χ1v) is 7.53. The Morgan fingerprint density at radius 1 is 1.19 bits per heavy atom. The number of hydrogen-bond donors (Lipinski definition) is 3. The van der Waals surface area contributed by atoms with Gasteiger partial charge < -0.3 is 20.3 Å². The molecule has 0 heterocycles. The van der Waals surface area contributed by atoms with Crippen LogP contribution in [-0.4, -0.2) is 42.6 Å². The van der Waals surface area contributed by atoms with Crippen LogP contribution in [0.2, 0.25) is 0 Å². The van der Waals surface area contributed by atoms with E-state index in [1.54, 1.807) is 0 Å². The minimum absolute atomic E-state index is 0.164. The van der Waals surface area contributed by atoms with Crippen LogP contribution < -0.4 is 10.1 Å². The van der Waals surface area contributed by atoms with Crippen molar-refractivity contribution >= 4 is 0 Å². The second-order valence-corrected chi connectivity index (χ2v) is 5.24. The molecule has 2 atom stereocenters. The van der Waals surface area contributed by atoms with E-state index in [1.165, 1.54) is 24.3 Å². The molecular formula is C16H26FNO3. The van der Waals surface area contributed by atoms with Crippen molar-refractivity contribution in [1.29, 1.82) is 0 Å². The molecule has 21 heavy (non-hydrogen) atoms. The van der Waals surface area contributed by atoms with E-state index in [4.69, 9.17) is 9.84 Å². The molecule has 0 amide bonds. The van der Waals surface area contributed by atoms with E-state index in [-0.39, 0.29) is 19.0 Å². The van der Waals surface area contributed by atoms with Crippen molar-refractivity contribution in [1.82, 2.24) is 5.32 Å². The van der Waals surface area contributed by atoms with E-state index in [0.717, 1.165) is 25.8 Å². The van der Waals surface area contributed by atoms with Crippen molar-refractivity contribution in [3.63, 3.8) is 0 Å². The van der Waals surface area contributed by atoms with Gasteiger partial charge in [-0.15, -0.1) is 0 Å². The highest BCUT2D eigenvalue weighted by Gasteiger charge is 2.09. The summed E-state index contributed by atoms with van der Waals surface area (Å²) in [5.41, 5.74) is 0. The number of nitrogens with one attached hydrogen (secondary N) is 1. The summed E-state index contributed by atoms with van der Waals surface area (Å²) in [6, 6.07) is 5.72. The molecule has 120 valence electrons. The number of ether oxygens (including phenoxy) is 1. The molecule has 0 saturated carbocycles. The van der Waals surface area contributed by atoms with Crippen molar-refractivity contribution in [2.45, 2.75) is 32.3 Å². The molecule has 0 aromatic heterocycles. The average molecular weight is 299 g/mol. The van der Waals surface area contributed by atoms with E-state index in [9.17, 15) is 9.50 Å². The van der Waals surface area contributed by atoms with E-state index >= 15 is 0 Å². The number of aliphatic hydroxyl groups excluding tert-OH is 2. The fraction of sp³-hybridized carbons (Fsp3) is 0.625. The van der Waals surface area contributed by atoms with E-state index in [1.807, 2.05) is 0 Å². The van der Waals surface area contributed by atoms with E-state index in [2.05, 4.69) is 12.2 Å². The van der Waals surface area contributed by atoms with Gasteiger partial charge in [0.05, 0.1) is 0 Å². The van der Waals surface area contributed by atoms with Gasteiger partial charge >= 0.3 is 0 Å². The monoisotopic (exact) mass is 299 g/mol. The van der Waals surface area contributed by atoms with Crippen LogP contribution in [0, 0.1) is 11.7 Å². The van der Waals surface area contributed by atoms with Crippen LogP contribution in [0.3, 0.4) is 0 Å². The molecule has 0 fully saturated rings. The standard InChI is InChI=1S/C16H26FNO3/c1-2-3-13(8-9-19)10-18-11-15(20)12-21-16-6-4-14(17)5-7-16/h4-7,13,15,18-20H,2-3,8-12H2,1H3. The molecule has 0 saturated heterocycles. The Kier molecular flexibility index (Phi) is 8.98. The summed E-state index contributed by atoms with van der Waals surface area (Å²) >= 11 is 0. The number of aliphatic hydroxyl groups is 2. The van der Waals surface area contributed by atoms with Crippen molar-refractivity contribution in [2.75, 3.05) is 26.3 Å². The average Bonchev–Trinajstić information content (AvgIpc) is 2.47. The fourth-order valence-electron chi connectivity index (χ4n) is 2.18. The Morgan fingerprint density at radius 3 is 2.52 bits per heavy atom. The predicted molar refractivity (Wildman–Crippen MR) is 80.9 cm³/mol. The minimum Gasteiger partial charge on any atom is -0.491 e. The molecule has 0 bridgehead atoms. The van der Waals surface area contributed by atoms with Gasteiger partial charge in [0.25, 0.3) is 0 Å². The SMILES string of the molecule is CCCC(CCO)CNCC(O)COc1ccc(F)cc1. The quantitative estimate of drug-likeness (QED) is 0.584. The van der Waals surface area contributed by atoms with Gasteiger partial charge in [-0.3, -0.25) is 0 Å². The zero-order valence-electron chi connectivity index (χ0n) is 12.6. The van der Waals surface area contributed by atoms with Gasteiger partial charge in [0, 0.05) is 13.2 Å². The molecule has 1 aromatic carbocycles. The smallest absolute Gasteiger partial charge is 0.123 e. The lowest BCUT2D eigenvalue weighted by atomic mass is 10.0. The molecule has 1 aromatic rings. The molecular weight excluding hydrogens is 273 g/mol. The molecule has 0 aliphatic heterocycles. The van der Waals surface area contributed by atoms with Gasteiger partial charge in [-0.25, -0.2) is 4.39 Å². The maximum absolute atomic E-state index is 12.7. The molecule has 0 aliphatic rings. The number of rotatable bonds is 11. The van der Waals surface area contributed by atoms with Crippen LogP contribution in [0.25, 0.3) is 0 Å². The summed E-state index contributed by atoms with van der Waals surface area (Å²) in [6.07, 6.45) is 2.31. The van der Waals surface area contributed by atoms with Crippen LogP contribution in [0.5, 0.6) is 5.75 Å². The first kappa shape index (κ1) is 17.9. The molecule has 3 N–H and O–H groups in total. The van der Waals surface area contributed by atoms with Crippen LogP contribution >= 0.6 is 0 Å². The molecule has 5 heteroatoms. The highest BCUT2D eigenvalue weighted by molar-refractivity contribution is 5.22. The molecule has 2 unspecified atom stereocenters. The van der Waals surface area contributed by atoms with Crippen molar-refractivity contribution in [2.24, 2.45) is 5.92 Å². The number of halogens is 1. The Morgan fingerprint density at radius 2 is 1.90 bits per heavy atom. The third-order valence-corrected chi connectivity index (χ3v) is 3.30. The summed E-state index contributed by atoms with van der Waals surface area (Å²) in [5.74, 6) is 0.667. The van der Waals surface area contributed by atoms with Crippen molar-refractivity contribution in [3.8, 4) is 5.75 Å². The molecule has 4 nitrogen and oxygen atoms in total. The van der Waals surface area contributed by atoms with Gasteiger partial charge in [0.1, 0.15) is 24.3 Å². The first-order chi connectivity index (χ1) is 10.2. The van der Waals surface area contributed by atoms with Gasteiger partial charge in [-0.2, -0.15) is 0 Å². The minimum atomic E-state index is -0.619. The largest absolute Gasteiger partial charge is 0.491 e. The molecule has 0 radical (unpaired) electrons. The van der Waals surface area contributed by atoms with Gasteiger partial charge in [-0.05, 0) is 49.6 Å². The third kappa shape index (κ3) is 7.99. The second-order valence-electron chi connectivity index (χ2n) is 5.24. The van der Waals surface area contributed by atoms with E-state index in [0.29, 0.717) is 18.2 Å². The Bertz CT molecular complexity index is 366. The van der Waals surface area contributed by atoms with E-state index < -0.39 is 6.10 Å². The Labute approximate surface area is 125 Å². The van der Waals surface area contributed by atoms with Gasteiger partial charge in [0.2, 0.25) is 0 Å². The lowest BCUT2D eigenvalue weighted by Crippen LogP contribution is -2.34. The summed E-state index contributed by atoms with van der Waals surface area (Å²) < 4.78 is 18.1. The zero-order chi connectivity index (χ0) is 15.5. The lowest BCUT2D eigenvalue weighted by molar-refractivity contribution is 0.105. The molecule has 1 rings (SSSR count). The van der Waals surface area contributed by atoms with Crippen LogP contribution in [0.15, 0.2) is 24.3 Å². The van der Waals surface area contributed by atoms with Crippen molar-refractivity contribution < 1.29 is 19.3 Å². The predicted octanol–water partition coefficient (Wildman–Crippen LogP) is 1.95. The van der Waals surface area contributed by atoms with Crippen LogP contribution in [0.4, 0.5) is 4.39 Å². The van der Waals surface area contributed by atoms with Crippen LogP contribution in [-0.2, 0) is 0 Å². The maximum Gasteiger partial charge on any atom is 0.123 e. The number of hydrogen-bond acceptors (Lipinski definition) is 4. The van der Waals surface area contributed by atoms with Gasteiger partial charge in [0.15, 0.2) is 0 Å². The highest BCUT2D eigenvalue weighted by Crippen LogP contribution is 2.11. The number of benzene rings is 1. The maximum atomic E-state index is 12.7.